The van der Waals surface area contributed by atoms with Gasteiger partial charge in [0.25, 0.3) is 0 Å². The van der Waals surface area contributed by atoms with Gasteiger partial charge in [-0.25, -0.2) is 4.79 Å². The molecule has 0 atom stereocenters. The molecule has 0 saturated carbocycles. The van der Waals surface area contributed by atoms with Crippen molar-refractivity contribution in [2.75, 3.05) is 27.3 Å². The van der Waals surface area contributed by atoms with Crippen LogP contribution in [0.5, 0.6) is 5.75 Å². The molecule has 0 unspecified atom stereocenters. The highest BCUT2D eigenvalue weighted by Crippen LogP contribution is 2.10. The first-order valence-electron chi connectivity index (χ1n) is 7.93. The molecular formula is C19H24N2O3. The van der Waals surface area contributed by atoms with Gasteiger partial charge in [0.15, 0.2) is 0 Å². The zero-order valence-electron chi connectivity index (χ0n) is 14.2. The van der Waals surface area contributed by atoms with Crippen LogP contribution in [0, 0.1) is 0 Å². The first-order chi connectivity index (χ1) is 11.7. The number of amides is 2. The van der Waals surface area contributed by atoms with Gasteiger partial charge < -0.3 is 19.7 Å². The summed E-state index contributed by atoms with van der Waals surface area (Å²) in [6.45, 7) is 1.98. The lowest BCUT2D eigenvalue weighted by Crippen LogP contribution is -2.39. The maximum atomic E-state index is 12.2. The molecule has 0 heterocycles. The van der Waals surface area contributed by atoms with E-state index in [0.717, 1.165) is 16.9 Å². The summed E-state index contributed by atoms with van der Waals surface area (Å²) in [6, 6.07) is 17.4. The predicted octanol–water partition coefficient (Wildman–Crippen LogP) is 3.05. The van der Waals surface area contributed by atoms with Crippen LogP contribution in [0.4, 0.5) is 4.79 Å². The highest BCUT2D eigenvalue weighted by Gasteiger charge is 2.09. The molecule has 1 N–H and O–H groups in total. The minimum absolute atomic E-state index is 0.126. The summed E-state index contributed by atoms with van der Waals surface area (Å²) in [5.41, 5.74) is 2.14. The molecule has 2 amide bonds. The van der Waals surface area contributed by atoms with E-state index in [1.54, 1.807) is 19.1 Å². The summed E-state index contributed by atoms with van der Waals surface area (Å²) < 4.78 is 10.8. The van der Waals surface area contributed by atoms with Crippen molar-refractivity contribution in [2.24, 2.45) is 0 Å². The maximum Gasteiger partial charge on any atom is 0.317 e. The van der Waals surface area contributed by atoms with Crippen molar-refractivity contribution < 1.29 is 14.3 Å². The lowest BCUT2D eigenvalue weighted by Gasteiger charge is -2.19. The van der Waals surface area contributed by atoms with Crippen LogP contribution < -0.4 is 10.1 Å². The second-order valence-corrected chi connectivity index (χ2v) is 5.44. The van der Waals surface area contributed by atoms with E-state index >= 15 is 0 Å². The van der Waals surface area contributed by atoms with Crippen molar-refractivity contribution in [1.29, 1.82) is 0 Å². The van der Waals surface area contributed by atoms with Crippen molar-refractivity contribution in [3.63, 3.8) is 0 Å². The van der Waals surface area contributed by atoms with Crippen molar-refractivity contribution in [1.82, 2.24) is 10.2 Å². The van der Waals surface area contributed by atoms with Crippen LogP contribution in [-0.2, 0) is 17.9 Å². The molecule has 2 aromatic carbocycles. The predicted molar refractivity (Wildman–Crippen MR) is 94.0 cm³/mol. The SMILES string of the molecule is COCc1ccccc1CNC(=O)N(C)CCOc1ccccc1. The molecule has 0 saturated heterocycles. The van der Waals surface area contributed by atoms with Crippen molar-refractivity contribution in [3.8, 4) is 5.75 Å². The van der Waals surface area contributed by atoms with Gasteiger partial charge in [-0.05, 0) is 23.3 Å². The lowest BCUT2D eigenvalue weighted by molar-refractivity contribution is 0.183. The number of nitrogens with one attached hydrogen (secondary N) is 1. The highest BCUT2D eigenvalue weighted by molar-refractivity contribution is 5.73. The number of methoxy groups -OCH3 is 1. The van der Waals surface area contributed by atoms with E-state index < -0.39 is 0 Å². The van der Waals surface area contributed by atoms with Gasteiger partial charge in [0.05, 0.1) is 13.2 Å². The average Bonchev–Trinajstić information content (AvgIpc) is 2.62. The van der Waals surface area contributed by atoms with Gasteiger partial charge in [-0.3, -0.25) is 0 Å². The van der Waals surface area contributed by atoms with Gasteiger partial charge in [-0.1, -0.05) is 42.5 Å². The normalized spacial score (nSPS) is 10.2. The van der Waals surface area contributed by atoms with E-state index in [9.17, 15) is 4.79 Å². The Morgan fingerprint density at radius 2 is 1.71 bits per heavy atom. The number of carbonyl (C=O) groups is 1. The molecule has 0 fully saturated rings. The Labute approximate surface area is 143 Å². The highest BCUT2D eigenvalue weighted by atomic mass is 16.5. The number of nitrogens with zero attached hydrogens (tertiary/aromatic N) is 1. The molecule has 0 aromatic heterocycles. The molecule has 5 heteroatoms. The number of benzene rings is 2. The number of rotatable bonds is 8. The summed E-state index contributed by atoms with van der Waals surface area (Å²) in [5, 5.41) is 2.92. The van der Waals surface area contributed by atoms with E-state index in [1.807, 2.05) is 54.6 Å². The molecule has 0 radical (unpaired) electrons. The Morgan fingerprint density at radius 3 is 2.42 bits per heavy atom. The van der Waals surface area contributed by atoms with Crippen LogP contribution in [-0.4, -0.2) is 38.2 Å². The van der Waals surface area contributed by atoms with Crippen LogP contribution >= 0.6 is 0 Å². The third-order valence-electron chi connectivity index (χ3n) is 3.63. The average molecular weight is 328 g/mol. The third kappa shape index (κ3) is 5.59. The standard InChI is InChI=1S/C19H24N2O3/c1-21(12-13-24-18-10-4-3-5-11-18)19(22)20-14-16-8-6-7-9-17(16)15-23-2/h3-11H,12-15H2,1-2H3,(H,20,22). The van der Waals surface area contributed by atoms with E-state index in [2.05, 4.69) is 5.32 Å². The lowest BCUT2D eigenvalue weighted by atomic mass is 10.1. The van der Waals surface area contributed by atoms with Gasteiger partial charge in [0.1, 0.15) is 12.4 Å². The Morgan fingerprint density at radius 1 is 1.04 bits per heavy atom. The number of hydrogen-bond acceptors (Lipinski definition) is 3. The summed E-state index contributed by atoms with van der Waals surface area (Å²) in [7, 11) is 3.42. The summed E-state index contributed by atoms with van der Waals surface area (Å²) in [6.07, 6.45) is 0. The van der Waals surface area contributed by atoms with Gasteiger partial charge in [0.2, 0.25) is 0 Å². The summed E-state index contributed by atoms with van der Waals surface area (Å²) in [5.74, 6) is 0.805. The quantitative estimate of drug-likeness (QED) is 0.810. The fourth-order valence-electron chi connectivity index (χ4n) is 2.25. The molecule has 2 aromatic rings. The monoisotopic (exact) mass is 328 g/mol. The fourth-order valence-corrected chi connectivity index (χ4v) is 2.25. The molecule has 0 aliphatic carbocycles. The number of para-hydroxylation sites is 1. The summed E-state index contributed by atoms with van der Waals surface area (Å²) in [4.78, 5) is 13.8. The second kappa shape index (κ2) is 9.57. The first-order valence-corrected chi connectivity index (χ1v) is 7.93. The molecule has 0 bridgehead atoms. The zero-order valence-corrected chi connectivity index (χ0v) is 14.2. The Kier molecular flexibility index (Phi) is 7.11. The number of urea groups is 1. The van der Waals surface area contributed by atoms with Gasteiger partial charge in [-0.15, -0.1) is 0 Å². The van der Waals surface area contributed by atoms with Gasteiger partial charge >= 0.3 is 6.03 Å². The van der Waals surface area contributed by atoms with E-state index in [4.69, 9.17) is 9.47 Å². The zero-order chi connectivity index (χ0) is 17.2. The van der Waals surface area contributed by atoms with Crippen molar-refractivity contribution in [2.45, 2.75) is 13.2 Å². The topological polar surface area (TPSA) is 50.8 Å². The van der Waals surface area contributed by atoms with Crippen LogP contribution in [0.25, 0.3) is 0 Å². The van der Waals surface area contributed by atoms with Gasteiger partial charge in [0, 0.05) is 20.7 Å². The number of ether oxygens (including phenoxy) is 2. The molecule has 0 spiro atoms. The Balaban J connectivity index is 1.75. The molecule has 128 valence electrons. The molecular weight excluding hydrogens is 304 g/mol. The van der Waals surface area contributed by atoms with Crippen molar-refractivity contribution >= 4 is 6.03 Å². The van der Waals surface area contributed by atoms with Crippen LogP contribution in [0.3, 0.4) is 0 Å². The van der Waals surface area contributed by atoms with Crippen molar-refractivity contribution in [3.05, 3.63) is 65.7 Å². The molecule has 5 nitrogen and oxygen atoms in total. The number of likely N-dealkylation sites (N-methyl/N-ethyl adjacent to an activating group) is 1. The van der Waals surface area contributed by atoms with E-state index in [1.165, 1.54) is 0 Å². The maximum absolute atomic E-state index is 12.2. The van der Waals surface area contributed by atoms with Crippen LogP contribution in [0.1, 0.15) is 11.1 Å². The molecule has 2 rings (SSSR count). The number of hydrogen-bond donors (Lipinski definition) is 1. The van der Waals surface area contributed by atoms with Gasteiger partial charge in [-0.2, -0.15) is 0 Å². The molecule has 0 aliphatic heterocycles. The molecule has 24 heavy (non-hydrogen) atoms. The summed E-state index contributed by atoms with van der Waals surface area (Å²) >= 11 is 0. The van der Waals surface area contributed by atoms with E-state index in [0.29, 0.717) is 26.3 Å². The van der Waals surface area contributed by atoms with Crippen LogP contribution in [0.2, 0.25) is 0 Å². The first kappa shape index (κ1) is 17.8. The smallest absolute Gasteiger partial charge is 0.317 e. The molecule has 0 aliphatic rings. The number of carbonyl (C=O) groups excluding carboxylic acids is 1. The third-order valence-corrected chi connectivity index (χ3v) is 3.63. The largest absolute Gasteiger partial charge is 0.492 e. The van der Waals surface area contributed by atoms with E-state index in [-0.39, 0.29) is 6.03 Å². The Bertz CT molecular complexity index is 632. The minimum atomic E-state index is -0.126. The van der Waals surface area contributed by atoms with Crippen LogP contribution in [0.15, 0.2) is 54.6 Å². The fraction of sp³-hybridized carbons (Fsp3) is 0.316. The minimum Gasteiger partial charge on any atom is -0.492 e. The Hall–Kier alpha value is -2.53. The second-order valence-electron chi connectivity index (χ2n) is 5.44.